The second-order valence-electron chi connectivity index (χ2n) is 4.45. The molecule has 0 saturated carbocycles. The minimum Gasteiger partial charge on any atom is -0.377 e. The van der Waals surface area contributed by atoms with E-state index in [1.54, 1.807) is 0 Å². The Kier molecular flexibility index (Phi) is 4.19. The molecule has 2 nitrogen and oxygen atoms in total. The van der Waals surface area contributed by atoms with Crippen molar-refractivity contribution in [1.29, 1.82) is 0 Å². The van der Waals surface area contributed by atoms with Crippen LogP contribution in [-0.2, 0) is 16.0 Å². The average molecular weight is 253 g/mol. The van der Waals surface area contributed by atoms with Crippen LogP contribution in [0.5, 0.6) is 0 Å². The lowest BCUT2D eigenvalue weighted by Gasteiger charge is -2.15. The van der Waals surface area contributed by atoms with Crippen molar-refractivity contribution in [3.8, 4) is 0 Å². The van der Waals surface area contributed by atoms with Crippen molar-refractivity contribution in [2.24, 2.45) is 5.92 Å². The Morgan fingerprint density at radius 3 is 2.94 bits per heavy atom. The first-order valence-corrected chi connectivity index (χ1v) is 6.48. The van der Waals surface area contributed by atoms with E-state index in [-0.39, 0.29) is 17.8 Å². The largest absolute Gasteiger partial charge is 0.377 e. The number of hydrogen-bond donors (Lipinski definition) is 0. The van der Waals surface area contributed by atoms with Crippen LogP contribution in [-0.4, -0.2) is 18.5 Å². The summed E-state index contributed by atoms with van der Waals surface area (Å²) in [6.07, 6.45) is 2.27. The summed E-state index contributed by atoms with van der Waals surface area (Å²) in [5.41, 5.74) is 0.918. The van der Waals surface area contributed by atoms with Crippen molar-refractivity contribution >= 4 is 17.4 Å². The first kappa shape index (κ1) is 12.6. The molecule has 1 aliphatic rings. The van der Waals surface area contributed by atoms with Crippen molar-refractivity contribution in [1.82, 2.24) is 0 Å². The van der Waals surface area contributed by atoms with E-state index in [2.05, 4.69) is 6.92 Å². The van der Waals surface area contributed by atoms with E-state index in [1.165, 1.54) is 0 Å². The smallest absolute Gasteiger partial charge is 0.143 e. The maximum Gasteiger partial charge on any atom is 0.143 e. The molecule has 0 radical (unpaired) electrons. The van der Waals surface area contributed by atoms with Crippen LogP contribution in [0.2, 0.25) is 5.02 Å². The third-order valence-electron chi connectivity index (χ3n) is 3.35. The molecule has 1 aromatic rings. The Bertz CT molecular complexity index is 403. The summed E-state index contributed by atoms with van der Waals surface area (Å²) in [4.78, 5) is 12.2. The molecule has 1 aliphatic heterocycles. The van der Waals surface area contributed by atoms with E-state index in [4.69, 9.17) is 16.3 Å². The van der Waals surface area contributed by atoms with Crippen molar-refractivity contribution < 1.29 is 9.53 Å². The van der Waals surface area contributed by atoms with Gasteiger partial charge in [-0.05, 0) is 24.5 Å². The fourth-order valence-corrected chi connectivity index (χ4v) is 2.58. The molecule has 0 bridgehead atoms. The predicted octanol–water partition coefficient (Wildman–Crippen LogP) is 3.27. The van der Waals surface area contributed by atoms with Crippen LogP contribution in [0.1, 0.15) is 25.3 Å². The molecule has 2 unspecified atom stereocenters. The SMILES string of the molecule is CCC1OCCC1C(=O)Cc1ccccc1Cl. The van der Waals surface area contributed by atoms with Crippen LogP contribution in [0.25, 0.3) is 0 Å². The summed E-state index contributed by atoms with van der Waals surface area (Å²) in [7, 11) is 0. The molecule has 1 aromatic carbocycles. The van der Waals surface area contributed by atoms with Crippen molar-refractivity contribution in [3.63, 3.8) is 0 Å². The van der Waals surface area contributed by atoms with Crippen molar-refractivity contribution in [3.05, 3.63) is 34.9 Å². The molecular formula is C14H17ClO2. The first-order valence-electron chi connectivity index (χ1n) is 6.10. The summed E-state index contributed by atoms with van der Waals surface area (Å²) < 4.78 is 5.55. The zero-order chi connectivity index (χ0) is 12.3. The van der Waals surface area contributed by atoms with Gasteiger partial charge in [-0.2, -0.15) is 0 Å². The quantitative estimate of drug-likeness (QED) is 0.822. The number of hydrogen-bond acceptors (Lipinski definition) is 2. The van der Waals surface area contributed by atoms with Gasteiger partial charge in [0, 0.05) is 24.0 Å². The molecule has 17 heavy (non-hydrogen) atoms. The van der Waals surface area contributed by atoms with Gasteiger partial charge in [0.2, 0.25) is 0 Å². The molecule has 1 fully saturated rings. The number of carbonyl (C=O) groups excluding carboxylic acids is 1. The van der Waals surface area contributed by atoms with Crippen LogP contribution >= 0.6 is 11.6 Å². The van der Waals surface area contributed by atoms with Crippen LogP contribution in [0.3, 0.4) is 0 Å². The number of ether oxygens (including phenoxy) is 1. The Morgan fingerprint density at radius 2 is 2.24 bits per heavy atom. The fraction of sp³-hybridized carbons (Fsp3) is 0.500. The number of Topliss-reactive ketones (excluding diaryl/α,β-unsaturated/α-hetero) is 1. The molecule has 1 heterocycles. The molecule has 0 spiro atoms. The van der Waals surface area contributed by atoms with Crippen molar-refractivity contribution in [2.45, 2.75) is 32.3 Å². The topological polar surface area (TPSA) is 26.3 Å². The first-order chi connectivity index (χ1) is 8.22. The number of ketones is 1. The second kappa shape index (κ2) is 5.65. The van der Waals surface area contributed by atoms with Crippen LogP contribution in [0.15, 0.2) is 24.3 Å². The lowest BCUT2D eigenvalue weighted by molar-refractivity contribution is -0.123. The van der Waals surface area contributed by atoms with E-state index in [1.807, 2.05) is 24.3 Å². The Balaban J connectivity index is 2.04. The predicted molar refractivity (Wildman–Crippen MR) is 68.3 cm³/mol. The number of benzene rings is 1. The van der Waals surface area contributed by atoms with Gasteiger partial charge in [-0.3, -0.25) is 4.79 Å². The van der Waals surface area contributed by atoms with Gasteiger partial charge in [-0.15, -0.1) is 0 Å². The highest BCUT2D eigenvalue weighted by Crippen LogP contribution is 2.26. The van der Waals surface area contributed by atoms with E-state index in [0.717, 1.165) is 18.4 Å². The number of rotatable bonds is 4. The zero-order valence-corrected chi connectivity index (χ0v) is 10.7. The molecule has 1 saturated heterocycles. The van der Waals surface area contributed by atoms with Gasteiger partial charge in [0.1, 0.15) is 5.78 Å². The molecule has 3 heteroatoms. The van der Waals surface area contributed by atoms with E-state index < -0.39 is 0 Å². The molecule has 2 rings (SSSR count). The van der Waals surface area contributed by atoms with Gasteiger partial charge >= 0.3 is 0 Å². The standard InChI is InChI=1S/C14H17ClO2/c1-2-14-11(7-8-17-14)13(16)9-10-5-3-4-6-12(10)15/h3-6,11,14H,2,7-9H2,1H3. The van der Waals surface area contributed by atoms with Gasteiger partial charge < -0.3 is 4.74 Å². The van der Waals surface area contributed by atoms with E-state index in [0.29, 0.717) is 18.1 Å². The van der Waals surface area contributed by atoms with Gasteiger partial charge in [-0.1, -0.05) is 36.7 Å². The second-order valence-corrected chi connectivity index (χ2v) is 4.85. The van der Waals surface area contributed by atoms with E-state index >= 15 is 0 Å². The summed E-state index contributed by atoms with van der Waals surface area (Å²) in [5.74, 6) is 0.304. The highest BCUT2D eigenvalue weighted by atomic mass is 35.5. The third-order valence-corrected chi connectivity index (χ3v) is 3.72. The molecule has 0 aromatic heterocycles. The van der Waals surface area contributed by atoms with Gasteiger partial charge in [0.15, 0.2) is 0 Å². The molecule has 92 valence electrons. The van der Waals surface area contributed by atoms with E-state index in [9.17, 15) is 4.79 Å². The Labute approximate surface area is 107 Å². The zero-order valence-electron chi connectivity index (χ0n) is 9.99. The monoisotopic (exact) mass is 252 g/mol. The highest BCUT2D eigenvalue weighted by molar-refractivity contribution is 6.31. The van der Waals surface area contributed by atoms with Crippen LogP contribution < -0.4 is 0 Å². The molecule has 0 amide bonds. The minimum atomic E-state index is 0.0521. The summed E-state index contributed by atoms with van der Waals surface area (Å²) in [6, 6.07) is 7.53. The fourth-order valence-electron chi connectivity index (χ4n) is 2.38. The Morgan fingerprint density at radius 1 is 1.47 bits per heavy atom. The Hall–Kier alpha value is -0.860. The minimum absolute atomic E-state index is 0.0521. The molecule has 0 aliphatic carbocycles. The summed E-state index contributed by atoms with van der Waals surface area (Å²) in [6.45, 7) is 2.77. The molecule has 2 atom stereocenters. The van der Waals surface area contributed by atoms with Gasteiger partial charge in [0.25, 0.3) is 0 Å². The average Bonchev–Trinajstić information content (AvgIpc) is 2.80. The lowest BCUT2D eigenvalue weighted by Crippen LogP contribution is -2.25. The number of halogens is 1. The summed E-state index contributed by atoms with van der Waals surface area (Å²) >= 11 is 6.06. The maximum absolute atomic E-state index is 12.2. The molecule has 0 N–H and O–H groups in total. The number of carbonyl (C=O) groups is 1. The van der Waals surface area contributed by atoms with Crippen LogP contribution in [0, 0.1) is 5.92 Å². The maximum atomic E-state index is 12.2. The summed E-state index contributed by atoms with van der Waals surface area (Å²) in [5, 5.41) is 0.674. The lowest BCUT2D eigenvalue weighted by atomic mass is 9.91. The normalized spacial score (nSPS) is 23.9. The highest BCUT2D eigenvalue weighted by Gasteiger charge is 2.32. The van der Waals surface area contributed by atoms with Gasteiger partial charge in [-0.25, -0.2) is 0 Å². The molecular weight excluding hydrogens is 236 g/mol. The van der Waals surface area contributed by atoms with Crippen LogP contribution in [0.4, 0.5) is 0 Å². The third kappa shape index (κ3) is 2.88. The van der Waals surface area contributed by atoms with Crippen molar-refractivity contribution in [2.75, 3.05) is 6.61 Å². The van der Waals surface area contributed by atoms with Gasteiger partial charge in [0.05, 0.1) is 6.10 Å².